The maximum Gasteiger partial charge on any atom is 0.497 e. The normalized spacial score (nSPS) is 18.2. The Morgan fingerprint density at radius 3 is 2.27 bits per heavy atom. The molecule has 1 fully saturated rings. The molecule has 2 aromatic carbocycles. The van der Waals surface area contributed by atoms with Crippen LogP contribution in [0.1, 0.15) is 38.8 Å². The maximum absolute atomic E-state index is 14.6. The first-order valence-corrected chi connectivity index (χ1v) is 9.00. The van der Waals surface area contributed by atoms with Crippen LogP contribution in [0.15, 0.2) is 36.4 Å². The average Bonchev–Trinajstić information content (AvgIpc) is 2.74. The van der Waals surface area contributed by atoms with E-state index in [4.69, 9.17) is 25.6 Å². The third kappa shape index (κ3) is 3.75. The summed E-state index contributed by atoms with van der Waals surface area (Å²) in [4.78, 5) is 0. The van der Waals surface area contributed by atoms with Gasteiger partial charge in [-0.05, 0) is 52.3 Å². The molecule has 26 heavy (non-hydrogen) atoms. The molecule has 0 N–H and O–H groups in total. The molecule has 2 aromatic rings. The first kappa shape index (κ1) is 19.2. The molecule has 138 valence electrons. The van der Waals surface area contributed by atoms with E-state index in [0.717, 1.165) is 11.1 Å². The van der Waals surface area contributed by atoms with Crippen molar-refractivity contribution in [3.8, 4) is 5.75 Å². The van der Waals surface area contributed by atoms with Gasteiger partial charge in [-0.15, -0.1) is 0 Å². The molecule has 0 atom stereocenters. The quantitative estimate of drug-likeness (QED) is 0.726. The van der Waals surface area contributed by atoms with Gasteiger partial charge in [0.25, 0.3) is 0 Å². The largest absolute Gasteiger partial charge is 0.497 e. The summed E-state index contributed by atoms with van der Waals surface area (Å²) in [5, 5.41) is 0.638. The van der Waals surface area contributed by atoms with E-state index < -0.39 is 24.1 Å². The summed E-state index contributed by atoms with van der Waals surface area (Å²) in [6.07, 6.45) is 0. The Morgan fingerprint density at radius 2 is 1.69 bits per heavy atom. The van der Waals surface area contributed by atoms with Crippen LogP contribution in [0.5, 0.6) is 5.75 Å². The van der Waals surface area contributed by atoms with Crippen molar-refractivity contribution in [2.75, 3.05) is 0 Å². The van der Waals surface area contributed by atoms with E-state index in [2.05, 4.69) is 0 Å². The van der Waals surface area contributed by atoms with E-state index in [1.807, 2.05) is 52.8 Å². The van der Waals surface area contributed by atoms with E-state index in [1.165, 1.54) is 6.07 Å². The van der Waals surface area contributed by atoms with Crippen LogP contribution in [0.25, 0.3) is 0 Å². The van der Waals surface area contributed by atoms with Gasteiger partial charge in [0.15, 0.2) is 0 Å². The van der Waals surface area contributed by atoms with Gasteiger partial charge in [-0.2, -0.15) is 0 Å². The predicted octanol–water partition coefficient (Wildman–Crippen LogP) is 4.67. The Bertz CT molecular complexity index is 807. The second kappa shape index (κ2) is 6.88. The molecule has 0 spiro atoms. The van der Waals surface area contributed by atoms with Gasteiger partial charge in [0.2, 0.25) is 0 Å². The number of hydrogen-bond acceptors (Lipinski definition) is 3. The number of halogens is 2. The van der Waals surface area contributed by atoms with E-state index in [1.54, 1.807) is 12.1 Å². The molecular weight excluding hydrogens is 353 g/mol. The van der Waals surface area contributed by atoms with Crippen LogP contribution in [0.4, 0.5) is 4.39 Å². The Labute approximate surface area is 159 Å². The Morgan fingerprint density at radius 1 is 1.04 bits per heavy atom. The van der Waals surface area contributed by atoms with E-state index >= 15 is 0 Å². The lowest BCUT2D eigenvalue weighted by Gasteiger charge is -2.32. The fraction of sp³-hybridized carbons (Fsp3) is 0.400. The summed E-state index contributed by atoms with van der Waals surface area (Å²) in [5.41, 5.74) is 1.27. The van der Waals surface area contributed by atoms with Crippen LogP contribution in [0, 0.1) is 12.7 Å². The van der Waals surface area contributed by atoms with Gasteiger partial charge in [0.05, 0.1) is 11.2 Å². The second-order valence-corrected chi connectivity index (χ2v) is 8.06. The van der Waals surface area contributed by atoms with Crippen molar-refractivity contribution in [1.82, 2.24) is 0 Å². The molecule has 3 nitrogen and oxygen atoms in total. The highest BCUT2D eigenvalue weighted by molar-refractivity contribution is 6.62. The lowest BCUT2D eigenvalue weighted by atomic mass is 9.78. The summed E-state index contributed by atoms with van der Waals surface area (Å²) in [6.45, 7) is 10.00. The lowest BCUT2D eigenvalue weighted by molar-refractivity contribution is 0.00578. The van der Waals surface area contributed by atoms with Gasteiger partial charge in [0, 0.05) is 22.1 Å². The molecule has 0 bridgehead atoms. The van der Waals surface area contributed by atoms with Crippen molar-refractivity contribution in [2.24, 2.45) is 0 Å². The molecule has 1 aliphatic rings. The molecule has 0 unspecified atom stereocenters. The summed E-state index contributed by atoms with van der Waals surface area (Å²) in [7, 11) is -0.736. The minimum absolute atomic E-state index is 0.272. The Kier molecular flexibility index (Phi) is 5.08. The van der Waals surface area contributed by atoms with Crippen LogP contribution in [-0.4, -0.2) is 18.3 Å². The van der Waals surface area contributed by atoms with Crippen molar-refractivity contribution in [3.63, 3.8) is 0 Å². The molecular formula is C20H23BClFO3. The Balaban J connectivity index is 1.72. The summed E-state index contributed by atoms with van der Waals surface area (Å²) < 4.78 is 32.1. The smallest absolute Gasteiger partial charge is 0.489 e. The van der Waals surface area contributed by atoms with Crippen molar-refractivity contribution < 1.29 is 18.4 Å². The van der Waals surface area contributed by atoms with Crippen molar-refractivity contribution in [3.05, 3.63) is 58.4 Å². The van der Waals surface area contributed by atoms with Crippen LogP contribution in [-0.2, 0) is 15.9 Å². The zero-order chi connectivity index (χ0) is 19.1. The molecule has 0 aliphatic carbocycles. The minimum Gasteiger partial charge on any atom is -0.489 e. The molecule has 6 heteroatoms. The zero-order valence-electron chi connectivity index (χ0n) is 15.7. The monoisotopic (exact) mass is 376 g/mol. The zero-order valence-corrected chi connectivity index (χ0v) is 16.5. The first-order valence-electron chi connectivity index (χ1n) is 8.62. The van der Waals surface area contributed by atoms with Gasteiger partial charge in [0.1, 0.15) is 18.2 Å². The Hall–Kier alpha value is -1.56. The molecule has 1 saturated heterocycles. The number of benzene rings is 2. The van der Waals surface area contributed by atoms with Crippen molar-refractivity contribution >= 4 is 24.2 Å². The molecule has 1 heterocycles. The highest BCUT2D eigenvalue weighted by Crippen LogP contribution is 2.36. The van der Waals surface area contributed by atoms with E-state index in [9.17, 15) is 4.39 Å². The van der Waals surface area contributed by atoms with E-state index in [0.29, 0.717) is 16.2 Å². The van der Waals surface area contributed by atoms with Gasteiger partial charge < -0.3 is 14.0 Å². The molecule has 0 saturated carbocycles. The fourth-order valence-corrected chi connectivity index (χ4v) is 2.98. The van der Waals surface area contributed by atoms with Gasteiger partial charge in [-0.3, -0.25) is 0 Å². The average molecular weight is 377 g/mol. The van der Waals surface area contributed by atoms with Crippen LogP contribution in [0.3, 0.4) is 0 Å². The molecule has 1 aliphatic heterocycles. The maximum atomic E-state index is 14.6. The van der Waals surface area contributed by atoms with E-state index in [-0.39, 0.29) is 6.61 Å². The van der Waals surface area contributed by atoms with Gasteiger partial charge >= 0.3 is 7.12 Å². The SMILES string of the molecule is Cc1ccc(COc2ccc(B3OC(C)(C)C(C)(C)O3)c(F)c2)c(Cl)c1. The molecule has 0 aromatic heterocycles. The predicted molar refractivity (Wildman–Crippen MR) is 103 cm³/mol. The summed E-state index contributed by atoms with van der Waals surface area (Å²) in [5.74, 6) is 0.00964. The van der Waals surface area contributed by atoms with Gasteiger partial charge in [-0.1, -0.05) is 29.8 Å². The van der Waals surface area contributed by atoms with Gasteiger partial charge in [-0.25, -0.2) is 4.39 Å². The fourth-order valence-electron chi connectivity index (χ4n) is 2.69. The number of rotatable bonds is 4. The van der Waals surface area contributed by atoms with Crippen molar-refractivity contribution in [1.29, 1.82) is 0 Å². The molecule has 0 amide bonds. The van der Waals surface area contributed by atoms with Crippen LogP contribution in [0.2, 0.25) is 5.02 Å². The second-order valence-electron chi connectivity index (χ2n) is 7.66. The van der Waals surface area contributed by atoms with Crippen LogP contribution >= 0.6 is 11.6 Å². The van der Waals surface area contributed by atoms with Crippen LogP contribution < -0.4 is 10.2 Å². The number of hydrogen-bond donors (Lipinski definition) is 0. The summed E-state index contributed by atoms with van der Waals surface area (Å²) >= 11 is 6.20. The summed E-state index contributed by atoms with van der Waals surface area (Å²) in [6, 6.07) is 10.5. The lowest BCUT2D eigenvalue weighted by Crippen LogP contribution is -2.41. The number of ether oxygens (including phenoxy) is 1. The topological polar surface area (TPSA) is 27.7 Å². The number of aryl methyl sites for hydroxylation is 1. The van der Waals surface area contributed by atoms with Crippen molar-refractivity contribution in [2.45, 2.75) is 52.4 Å². The standard InChI is InChI=1S/C20H23BClFO3/c1-13-6-7-14(17(22)10-13)12-24-15-8-9-16(18(23)11-15)21-25-19(2,3)20(4,5)26-21/h6-11H,12H2,1-5H3. The molecule has 3 rings (SSSR count). The highest BCUT2D eigenvalue weighted by atomic mass is 35.5. The highest BCUT2D eigenvalue weighted by Gasteiger charge is 2.52. The minimum atomic E-state index is -0.736. The third-order valence-electron chi connectivity index (χ3n) is 5.08. The molecule has 0 radical (unpaired) electrons. The first-order chi connectivity index (χ1) is 12.1. The third-order valence-corrected chi connectivity index (χ3v) is 5.43.